The Morgan fingerprint density at radius 3 is 2.61 bits per heavy atom. The van der Waals surface area contributed by atoms with Crippen molar-refractivity contribution in [2.24, 2.45) is 0 Å². The third-order valence-electron chi connectivity index (χ3n) is 4.48. The molecule has 1 heterocycles. The van der Waals surface area contributed by atoms with Gasteiger partial charge in [0.15, 0.2) is 5.16 Å². The summed E-state index contributed by atoms with van der Waals surface area (Å²) in [5, 5.41) is 3.83. The van der Waals surface area contributed by atoms with Crippen LogP contribution in [0, 0.1) is 0 Å². The van der Waals surface area contributed by atoms with Crippen molar-refractivity contribution in [2.45, 2.75) is 31.0 Å². The molecule has 3 aromatic rings. The minimum atomic E-state index is 0.0648. The Hall–Kier alpha value is -2.73. The first-order valence-electron chi connectivity index (χ1n) is 9.53. The minimum absolute atomic E-state index is 0.0648. The summed E-state index contributed by atoms with van der Waals surface area (Å²) in [4.78, 5) is 16.7. The Morgan fingerprint density at radius 2 is 1.93 bits per heavy atom. The SMILES string of the molecule is CCOc1ccc(-n2c(-c3ccccc3)cnc2SCC(=O)NC2CC2)cc1. The van der Waals surface area contributed by atoms with Crippen LogP contribution in [-0.4, -0.2) is 33.9 Å². The van der Waals surface area contributed by atoms with Gasteiger partial charge in [-0.05, 0) is 44.0 Å². The Bertz CT molecular complexity index is 934. The first-order valence-corrected chi connectivity index (χ1v) is 10.5. The van der Waals surface area contributed by atoms with Crippen molar-refractivity contribution in [2.75, 3.05) is 12.4 Å². The topological polar surface area (TPSA) is 56.2 Å². The van der Waals surface area contributed by atoms with Gasteiger partial charge in [0.2, 0.25) is 5.91 Å². The summed E-state index contributed by atoms with van der Waals surface area (Å²) >= 11 is 1.46. The van der Waals surface area contributed by atoms with Crippen LogP contribution in [0.2, 0.25) is 0 Å². The average molecular weight is 394 g/mol. The van der Waals surface area contributed by atoms with Crippen LogP contribution in [0.25, 0.3) is 16.9 Å². The zero-order chi connectivity index (χ0) is 19.3. The van der Waals surface area contributed by atoms with Crippen LogP contribution in [0.1, 0.15) is 19.8 Å². The average Bonchev–Trinajstić information content (AvgIpc) is 3.43. The van der Waals surface area contributed by atoms with Gasteiger partial charge in [-0.1, -0.05) is 42.1 Å². The number of carbonyl (C=O) groups is 1. The number of hydrogen-bond acceptors (Lipinski definition) is 4. The largest absolute Gasteiger partial charge is 0.494 e. The monoisotopic (exact) mass is 393 g/mol. The third kappa shape index (κ3) is 4.39. The van der Waals surface area contributed by atoms with E-state index in [2.05, 4.69) is 27.0 Å². The van der Waals surface area contributed by atoms with Crippen molar-refractivity contribution in [3.8, 4) is 22.7 Å². The molecule has 1 aromatic heterocycles. The Morgan fingerprint density at radius 1 is 1.18 bits per heavy atom. The molecular weight excluding hydrogens is 370 g/mol. The molecule has 0 bridgehead atoms. The molecule has 28 heavy (non-hydrogen) atoms. The molecule has 0 saturated heterocycles. The number of ether oxygens (including phenoxy) is 1. The maximum absolute atomic E-state index is 12.1. The van der Waals surface area contributed by atoms with E-state index in [0.29, 0.717) is 18.4 Å². The highest BCUT2D eigenvalue weighted by molar-refractivity contribution is 7.99. The summed E-state index contributed by atoms with van der Waals surface area (Å²) < 4.78 is 7.66. The molecule has 0 unspecified atom stereocenters. The van der Waals surface area contributed by atoms with Gasteiger partial charge in [-0.25, -0.2) is 4.98 Å². The van der Waals surface area contributed by atoms with Gasteiger partial charge >= 0.3 is 0 Å². The summed E-state index contributed by atoms with van der Waals surface area (Å²) in [5.74, 6) is 1.26. The first-order chi connectivity index (χ1) is 13.7. The molecule has 0 aliphatic heterocycles. The molecule has 1 amide bonds. The quantitative estimate of drug-likeness (QED) is 0.580. The number of carbonyl (C=O) groups excluding carboxylic acids is 1. The maximum atomic E-state index is 12.1. The first kappa shape index (κ1) is 18.6. The summed E-state index contributed by atoms with van der Waals surface area (Å²) in [7, 11) is 0. The van der Waals surface area contributed by atoms with E-state index < -0.39 is 0 Å². The molecular formula is C22H23N3O2S. The smallest absolute Gasteiger partial charge is 0.230 e. The van der Waals surface area contributed by atoms with E-state index in [0.717, 1.165) is 40.7 Å². The predicted molar refractivity (Wildman–Crippen MR) is 112 cm³/mol. The number of amides is 1. The Kier molecular flexibility index (Phi) is 5.67. The molecule has 0 spiro atoms. The highest BCUT2D eigenvalue weighted by atomic mass is 32.2. The maximum Gasteiger partial charge on any atom is 0.230 e. The lowest BCUT2D eigenvalue weighted by atomic mass is 10.1. The number of benzene rings is 2. The van der Waals surface area contributed by atoms with Crippen LogP contribution in [0.4, 0.5) is 0 Å². The molecule has 0 radical (unpaired) electrons. The summed E-state index contributed by atoms with van der Waals surface area (Å²) in [6, 6.07) is 18.5. The number of nitrogens with one attached hydrogen (secondary N) is 1. The van der Waals surface area contributed by atoms with Gasteiger partial charge < -0.3 is 10.1 Å². The molecule has 1 N–H and O–H groups in total. The van der Waals surface area contributed by atoms with Crippen LogP contribution in [0.5, 0.6) is 5.75 Å². The normalized spacial score (nSPS) is 13.3. The van der Waals surface area contributed by atoms with Crippen molar-refractivity contribution in [1.29, 1.82) is 0 Å². The van der Waals surface area contributed by atoms with Crippen LogP contribution < -0.4 is 10.1 Å². The third-order valence-corrected chi connectivity index (χ3v) is 5.43. The van der Waals surface area contributed by atoms with Gasteiger partial charge in [0, 0.05) is 17.3 Å². The number of nitrogens with zero attached hydrogens (tertiary/aromatic N) is 2. The van der Waals surface area contributed by atoms with Crippen LogP contribution in [0.3, 0.4) is 0 Å². The number of rotatable bonds is 8. The van der Waals surface area contributed by atoms with Gasteiger partial charge in [-0.15, -0.1) is 0 Å². The second kappa shape index (κ2) is 8.52. The molecule has 1 aliphatic carbocycles. The molecule has 5 nitrogen and oxygen atoms in total. The van der Waals surface area contributed by atoms with Crippen molar-refractivity contribution >= 4 is 17.7 Å². The van der Waals surface area contributed by atoms with Gasteiger partial charge in [0.25, 0.3) is 0 Å². The van der Waals surface area contributed by atoms with E-state index in [1.807, 2.05) is 55.6 Å². The standard InChI is InChI=1S/C22H23N3O2S/c1-2-27-19-12-10-18(11-13-19)25-20(16-6-4-3-5-7-16)14-23-22(25)28-15-21(26)24-17-8-9-17/h3-7,10-14,17H,2,8-9,15H2,1H3,(H,24,26). The minimum Gasteiger partial charge on any atom is -0.494 e. The van der Waals surface area contributed by atoms with E-state index in [1.165, 1.54) is 11.8 Å². The fourth-order valence-electron chi connectivity index (χ4n) is 2.98. The van der Waals surface area contributed by atoms with Crippen LogP contribution in [0.15, 0.2) is 66.0 Å². The molecule has 1 aliphatic rings. The number of thioether (sulfide) groups is 1. The van der Waals surface area contributed by atoms with Gasteiger partial charge in [-0.2, -0.15) is 0 Å². The highest BCUT2D eigenvalue weighted by Gasteiger charge is 2.23. The molecule has 1 saturated carbocycles. The van der Waals surface area contributed by atoms with Crippen molar-refractivity contribution < 1.29 is 9.53 Å². The van der Waals surface area contributed by atoms with Crippen molar-refractivity contribution in [3.05, 3.63) is 60.8 Å². The zero-order valence-corrected chi connectivity index (χ0v) is 16.6. The van der Waals surface area contributed by atoms with Crippen LogP contribution >= 0.6 is 11.8 Å². The van der Waals surface area contributed by atoms with Crippen molar-refractivity contribution in [1.82, 2.24) is 14.9 Å². The van der Waals surface area contributed by atoms with Gasteiger partial charge in [-0.3, -0.25) is 9.36 Å². The molecule has 1 fully saturated rings. The summed E-state index contributed by atoms with van der Waals surface area (Å²) in [6.07, 6.45) is 4.05. The lowest BCUT2D eigenvalue weighted by Crippen LogP contribution is -2.27. The van der Waals surface area contributed by atoms with Gasteiger partial charge in [0.05, 0.1) is 24.3 Å². The highest BCUT2D eigenvalue weighted by Crippen LogP contribution is 2.30. The van der Waals surface area contributed by atoms with E-state index in [4.69, 9.17) is 4.74 Å². The second-order valence-corrected chi connectivity index (χ2v) is 7.63. The summed E-state index contributed by atoms with van der Waals surface area (Å²) in [5.41, 5.74) is 3.07. The zero-order valence-electron chi connectivity index (χ0n) is 15.8. The Balaban J connectivity index is 1.63. The van der Waals surface area contributed by atoms with E-state index in [9.17, 15) is 4.79 Å². The lowest BCUT2D eigenvalue weighted by molar-refractivity contribution is -0.118. The lowest BCUT2D eigenvalue weighted by Gasteiger charge is -2.13. The molecule has 6 heteroatoms. The van der Waals surface area contributed by atoms with E-state index in [1.54, 1.807) is 0 Å². The fraction of sp³-hybridized carbons (Fsp3) is 0.273. The number of hydrogen-bond donors (Lipinski definition) is 1. The molecule has 144 valence electrons. The van der Waals surface area contributed by atoms with Gasteiger partial charge in [0.1, 0.15) is 5.75 Å². The molecule has 4 rings (SSSR count). The van der Waals surface area contributed by atoms with E-state index >= 15 is 0 Å². The number of imidazole rings is 1. The number of aromatic nitrogens is 2. The fourth-order valence-corrected chi connectivity index (χ4v) is 3.79. The predicted octanol–water partition coefficient (Wildman–Crippen LogP) is 4.31. The summed E-state index contributed by atoms with van der Waals surface area (Å²) in [6.45, 7) is 2.61. The molecule has 2 aromatic carbocycles. The van der Waals surface area contributed by atoms with Crippen molar-refractivity contribution in [3.63, 3.8) is 0 Å². The van der Waals surface area contributed by atoms with Crippen LogP contribution in [-0.2, 0) is 4.79 Å². The second-order valence-electron chi connectivity index (χ2n) is 6.68. The molecule has 0 atom stereocenters. The Labute approximate surface area is 169 Å². The van der Waals surface area contributed by atoms with E-state index in [-0.39, 0.29) is 5.91 Å².